The van der Waals surface area contributed by atoms with Crippen LogP contribution in [0.15, 0.2) is 48.7 Å². The molecule has 0 radical (unpaired) electrons. The van der Waals surface area contributed by atoms with Gasteiger partial charge >= 0.3 is 0 Å². The number of nitrogens with zero attached hydrogens (tertiary/aromatic N) is 1. The van der Waals surface area contributed by atoms with E-state index in [1.54, 1.807) is 36.5 Å². The van der Waals surface area contributed by atoms with Crippen LogP contribution < -0.4 is 14.8 Å². The van der Waals surface area contributed by atoms with Crippen molar-refractivity contribution in [3.05, 3.63) is 64.4 Å². The number of aromatic nitrogens is 1. The number of benzene rings is 2. The first kappa shape index (κ1) is 17.5. The van der Waals surface area contributed by atoms with Gasteiger partial charge in [0.2, 0.25) is 0 Å². The van der Waals surface area contributed by atoms with Crippen LogP contribution in [0.4, 0.5) is 10.1 Å². The van der Waals surface area contributed by atoms with Gasteiger partial charge in [-0.3, -0.25) is 4.79 Å². The molecule has 0 atom stereocenters. The maximum atomic E-state index is 14.4. The summed E-state index contributed by atoms with van der Waals surface area (Å²) in [6, 6.07) is 11.3. The van der Waals surface area contributed by atoms with Crippen LogP contribution in [0.25, 0.3) is 0 Å². The molecule has 1 N–H and O–H groups in total. The van der Waals surface area contributed by atoms with E-state index in [2.05, 4.69) is 10.3 Å². The maximum Gasteiger partial charge on any atom is 0.267 e. The van der Waals surface area contributed by atoms with E-state index in [4.69, 9.17) is 9.47 Å². The fraction of sp³-hybridized carbons (Fsp3) is 0.200. The number of nitrogens with one attached hydrogen (secondary N) is 1. The minimum absolute atomic E-state index is 0.0475. The van der Waals surface area contributed by atoms with Crippen LogP contribution in [0.1, 0.15) is 33.4 Å². The normalized spacial score (nSPS) is 13.3. The molecule has 0 aliphatic heterocycles. The number of hydrogen-bond acceptors (Lipinski definition) is 5. The Hall–Kier alpha value is -2.93. The Morgan fingerprint density at radius 3 is 2.67 bits per heavy atom. The van der Waals surface area contributed by atoms with E-state index in [0.29, 0.717) is 28.0 Å². The Morgan fingerprint density at radius 2 is 1.96 bits per heavy atom. The van der Waals surface area contributed by atoms with E-state index in [1.165, 1.54) is 30.6 Å². The first-order chi connectivity index (χ1) is 13.1. The number of methoxy groups -OCH3 is 1. The second-order valence-corrected chi connectivity index (χ2v) is 7.25. The van der Waals surface area contributed by atoms with E-state index >= 15 is 0 Å². The number of para-hydroxylation sites is 2. The monoisotopic (exact) mass is 384 g/mol. The fourth-order valence-corrected chi connectivity index (χ4v) is 3.57. The summed E-state index contributed by atoms with van der Waals surface area (Å²) in [4.78, 5) is 17.1. The second-order valence-electron chi connectivity index (χ2n) is 6.19. The number of carbonyl (C=O) groups excluding carboxylic acids is 1. The van der Waals surface area contributed by atoms with E-state index in [-0.39, 0.29) is 11.7 Å². The number of halogens is 1. The molecule has 1 heterocycles. The summed E-state index contributed by atoms with van der Waals surface area (Å²) < 4.78 is 25.2. The van der Waals surface area contributed by atoms with Crippen molar-refractivity contribution in [2.75, 3.05) is 12.4 Å². The average Bonchev–Trinajstić information content (AvgIpc) is 3.41. The number of anilines is 1. The van der Waals surface area contributed by atoms with Crippen molar-refractivity contribution in [1.29, 1.82) is 0 Å². The summed E-state index contributed by atoms with van der Waals surface area (Å²) in [6.45, 7) is 0. The standard InChI is InChI=1S/C20H17FN2O3S/c1-25-16-4-2-3-5-17(16)26-15-9-8-13(10-14(15)21)23-19(24)18-11-22-20(27-18)12-6-7-12/h2-5,8-12H,6-7H2,1H3,(H,23,24). The molecule has 1 saturated carbocycles. The van der Waals surface area contributed by atoms with Crippen molar-refractivity contribution in [3.8, 4) is 17.2 Å². The van der Waals surface area contributed by atoms with Gasteiger partial charge in [-0.25, -0.2) is 9.37 Å². The second kappa shape index (κ2) is 7.36. The molecule has 1 aromatic heterocycles. The Morgan fingerprint density at radius 1 is 1.19 bits per heavy atom. The van der Waals surface area contributed by atoms with Crippen LogP contribution in [0.2, 0.25) is 0 Å². The molecular weight excluding hydrogens is 367 g/mol. The van der Waals surface area contributed by atoms with Crippen molar-refractivity contribution in [2.24, 2.45) is 0 Å². The van der Waals surface area contributed by atoms with E-state index in [0.717, 1.165) is 17.8 Å². The number of thiazole rings is 1. The smallest absolute Gasteiger partial charge is 0.267 e. The number of ether oxygens (including phenoxy) is 2. The first-order valence-electron chi connectivity index (χ1n) is 8.51. The van der Waals surface area contributed by atoms with Crippen molar-refractivity contribution >= 4 is 22.9 Å². The van der Waals surface area contributed by atoms with Crippen LogP contribution in [0.3, 0.4) is 0 Å². The fourth-order valence-electron chi connectivity index (χ4n) is 2.59. The highest BCUT2D eigenvalue weighted by atomic mass is 32.1. The maximum absolute atomic E-state index is 14.4. The van der Waals surface area contributed by atoms with E-state index in [1.807, 2.05) is 0 Å². The van der Waals surface area contributed by atoms with Crippen LogP contribution >= 0.6 is 11.3 Å². The molecule has 5 nitrogen and oxygen atoms in total. The summed E-state index contributed by atoms with van der Waals surface area (Å²) in [5.41, 5.74) is 0.353. The summed E-state index contributed by atoms with van der Waals surface area (Å²) in [7, 11) is 1.52. The molecule has 1 aliphatic rings. The van der Waals surface area contributed by atoms with Crippen molar-refractivity contribution in [3.63, 3.8) is 0 Å². The summed E-state index contributed by atoms with van der Waals surface area (Å²) in [5.74, 6) is 0.587. The van der Waals surface area contributed by atoms with Gasteiger partial charge in [0.15, 0.2) is 23.1 Å². The van der Waals surface area contributed by atoms with Crippen molar-refractivity contribution < 1.29 is 18.7 Å². The Balaban J connectivity index is 1.46. The van der Waals surface area contributed by atoms with Crippen molar-refractivity contribution in [1.82, 2.24) is 4.98 Å². The molecule has 2 aromatic carbocycles. The Labute approximate surface area is 159 Å². The van der Waals surface area contributed by atoms with Crippen molar-refractivity contribution in [2.45, 2.75) is 18.8 Å². The van der Waals surface area contributed by atoms with Gasteiger partial charge in [-0.2, -0.15) is 0 Å². The third-order valence-electron chi connectivity index (χ3n) is 4.15. The largest absolute Gasteiger partial charge is 0.493 e. The van der Waals surface area contributed by atoms with Crippen LogP contribution in [-0.4, -0.2) is 18.0 Å². The van der Waals surface area contributed by atoms with Gasteiger partial charge in [0.1, 0.15) is 4.88 Å². The predicted octanol–water partition coefficient (Wildman–Crippen LogP) is 5.21. The third kappa shape index (κ3) is 3.93. The average molecular weight is 384 g/mol. The Kier molecular flexibility index (Phi) is 4.77. The highest BCUT2D eigenvalue weighted by Gasteiger charge is 2.27. The van der Waals surface area contributed by atoms with Gasteiger partial charge in [0.25, 0.3) is 5.91 Å². The van der Waals surface area contributed by atoms with Gasteiger partial charge in [-0.15, -0.1) is 11.3 Å². The van der Waals surface area contributed by atoms with Gasteiger partial charge < -0.3 is 14.8 Å². The quantitative estimate of drug-likeness (QED) is 0.633. The molecule has 4 rings (SSSR count). The number of amides is 1. The summed E-state index contributed by atoms with van der Waals surface area (Å²) in [6.07, 6.45) is 3.84. The molecule has 1 aliphatic carbocycles. The van der Waals surface area contributed by atoms with Gasteiger partial charge in [0, 0.05) is 17.7 Å². The molecule has 3 aromatic rings. The topological polar surface area (TPSA) is 60.5 Å². The van der Waals surface area contributed by atoms with Gasteiger partial charge in [-0.1, -0.05) is 12.1 Å². The zero-order valence-electron chi connectivity index (χ0n) is 14.6. The van der Waals surface area contributed by atoms with Gasteiger partial charge in [-0.05, 0) is 37.1 Å². The van der Waals surface area contributed by atoms with Crippen LogP contribution in [-0.2, 0) is 0 Å². The van der Waals surface area contributed by atoms with Crippen LogP contribution in [0, 0.1) is 5.82 Å². The SMILES string of the molecule is COc1ccccc1Oc1ccc(NC(=O)c2cnc(C3CC3)s2)cc1F. The lowest BCUT2D eigenvalue weighted by molar-refractivity contribution is 0.103. The molecular formula is C20H17FN2O3S. The summed E-state index contributed by atoms with van der Waals surface area (Å²) >= 11 is 1.39. The molecule has 0 spiro atoms. The molecule has 0 unspecified atom stereocenters. The molecule has 0 saturated heterocycles. The van der Waals surface area contributed by atoms with Crippen LogP contribution in [0.5, 0.6) is 17.2 Å². The number of hydrogen-bond donors (Lipinski definition) is 1. The van der Waals surface area contributed by atoms with E-state index < -0.39 is 5.82 Å². The van der Waals surface area contributed by atoms with Gasteiger partial charge in [0.05, 0.1) is 18.3 Å². The minimum atomic E-state index is -0.582. The molecule has 138 valence electrons. The lowest BCUT2D eigenvalue weighted by atomic mass is 10.2. The highest BCUT2D eigenvalue weighted by molar-refractivity contribution is 7.13. The summed E-state index contributed by atoms with van der Waals surface area (Å²) in [5, 5.41) is 3.69. The lowest BCUT2D eigenvalue weighted by Gasteiger charge is -2.11. The zero-order valence-corrected chi connectivity index (χ0v) is 15.4. The molecule has 1 fully saturated rings. The third-order valence-corrected chi connectivity index (χ3v) is 5.31. The predicted molar refractivity (Wildman–Crippen MR) is 102 cm³/mol. The highest BCUT2D eigenvalue weighted by Crippen LogP contribution is 2.41. The molecule has 7 heteroatoms. The first-order valence-corrected chi connectivity index (χ1v) is 9.33. The molecule has 27 heavy (non-hydrogen) atoms. The molecule has 0 bridgehead atoms. The minimum Gasteiger partial charge on any atom is -0.493 e. The number of rotatable bonds is 6. The Bertz CT molecular complexity index is 985. The zero-order chi connectivity index (χ0) is 18.8. The molecule has 1 amide bonds. The van der Waals surface area contributed by atoms with E-state index in [9.17, 15) is 9.18 Å². The lowest BCUT2D eigenvalue weighted by Crippen LogP contribution is -2.10. The number of carbonyl (C=O) groups is 1.